The second-order valence-corrected chi connectivity index (χ2v) is 3.27. The van der Waals surface area contributed by atoms with Crippen LogP contribution in [0, 0.1) is 0 Å². The lowest BCUT2D eigenvalue weighted by Gasteiger charge is -2.04. The molecule has 0 bridgehead atoms. The summed E-state index contributed by atoms with van der Waals surface area (Å²) < 4.78 is 0.880. The van der Waals surface area contributed by atoms with Crippen molar-refractivity contribution < 1.29 is 5.11 Å². The van der Waals surface area contributed by atoms with Crippen LogP contribution in [0.1, 0.15) is 12.5 Å². The number of allylic oxidation sites excluding steroid dienone is 1. The summed E-state index contributed by atoms with van der Waals surface area (Å²) in [5.41, 5.74) is 1.64. The minimum Gasteiger partial charge on any atom is -0.507 e. The molecule has 1 nitrogen and oxygen atoms in total. The Kier molecular flexibility index (Phi) is 2.35. The molecule has 0 aliphatic carbocycles. The number of benzene rings is 1. The molecule has 0 unspecified atom stereocenters. The zero-order chi connectivity index (χ0) is 8.43. The molecule has 2 heteroatoms. The number of halogens is 1. The Labute approximate surface area is 74.5 Å². The van der Waals surface area contributed by atoms with Gasteiger partial charge in [-0.25, -0.2) is 0 Å². The van der Waals surface area contributed by atoms with E-state index in [1.807, 2.05) is 13.0 Å². The van der Waals surface area contributed by atoms with Crippen LogP contribution in [0.3, 0.4) is 0 Å². The van der Waals surface area contributed by atoms with Crippen molar-refractivity contribution in [2.24, 2.45) is 0 Å². The molecule has 0 saturated carbocycles. The monoisotopic (exact) mass is 212 g/mol. The molecular weight excluding hydrogens is 204 g/mol. The van der Waals surface area contributed by atoms with Crippen LogP contribution < -0.4 is 0 Å². The van der Waals surface area contributed by atoms with Crippen molar-refractivity contribution in [3.8, 4) is 5.75 Å². The van der Waals surface area contributed by atoms with E-state index in [2.05, 4.69) is 22.5 Å². The van der Waals surface area contributed by atoms with Crippen molar-refractivity contribution >= 4 is 21.5 Å². The van der Waals surface area contributed by atoms with Gasteiger partial charge in [-0.05, 0) is 24.6 Å². The number of phenolic OH excluding ortho intramolecular Hbond substituents is 1. The quantitative estimate of drug-likeness (QED) is 0.759. The molecule has 1 N–H and O–H groups in total. The van der Waals surface area contributed by atoms with E-state index in [0.717, 1.165) is 15.6 Å². The molecule has 0 saturated heterocycles. The molecule has 0 heterocycles. The van der Waals surface area contributed by atoms with Crippen LogP contribution in [-0.4, -0.2) is 5.11 Å². The van der Waals surface area contributed by atoms with Gasteiger partial charge in [-0.3, -0.25) is 0 Å². The van der Waals surface area contributed by atoms with E-state index in [0.29, 0.717) is 0 Å². The highest BCUT2D eigenvalue weighted by Crippen LogP contribution is 2.30. The highest BCUT2D eigenvalue weighted by atomic mass is 79.9. The highest BCUT2D eigenvalue weighted by molar-refractivity contribution is 9.10. The third kappa shape index (κ3) is 1.63. The Morgan fingerprint density at radius 2 is 2.18 bits per heavy atom. The second-order valence-electron chi connectivity index (χ2n) is 2.41. The van der Waals surface area contributed by atoms with Crippen molar-refractivity contribution in [1.82, 2.24) is 0 Å². The number of hydrogen-bond acceptors (Lipinski definition) is 1. The van der Waals surface area contributed by atoms with Gasteiger partial charge in [0.25, 0.3) is 0 Å². The van der Waals surface area contributed by atoms with Gasteiger partial charge in [-0.2, -0.15) is 0 Å². The number of hydrogen-bond donors (Lipinski definition) is 1. The molecule has 1 rings (SSSR count). The van der Waals surface area contributed by atoms with Gasteiger partial charge in [0.1, 0.15) is 5.75 Å². The summed E-state index contributed by atoms with van der Waals surface area (Å²) in [5.74, 6) is 0.270. The van der Waals surface area contributed by atoms with Crippen molar-refractivity contribution in [1.29, 1.82) is 0 Å². The van der Waals surface area contributed by atoms with Crippen LogP contribution >= 0.6 is 15.9 Å². The molecule has 0 amide bonds. The van der Waals surface area contributed by atoms with Gasteiger partial charge < -0.3 is 5.11 Å². The fourth-order valence-electron chi connectivity index (χ4n) is 0.935. The lowest BCUT2D eigenvalue weighted by atomic mass is 10.1. The lowest BCUT2D eigenvalue weighted by molar-refractivity contribution is 0.473. The summed E-state index contributed by atoms with van der Waals surface area (Å²) in [6.07, 6.45) is 0. The third-order valence-corrected chi connectivity index (χ3v) is 2.08. The first-order valence-corrected chi connectivity index (χ1v) is 4.05. The average Bonchev–Trinajstić information content (AvgIpc) is 1.85. The highest BCUT2D eigenvalue weighted by Gasteiger charge is 2.04. The second kappa shape index (κ2) is 3.09. The third-order valence-electron chi connectivity index (χ3n) is 1.42. The van der Waals surface area contributed by atoms with Crippen LogP contribution in [0.2, 0.25) is 0 Å². The van der Waals surface area contributed by atoms with E-state index < -0.39 is 0 Å². The maximum Gasteiger partial charge on any atom is 0.124 e. The molecule has 1 aromatic carbocycles. The normalized spacial score (nSPS) is 9.64. The molecule has 0 fully saturated rings. The summed E-state index contributed by atoms with van der Waals surface area (Å²) in [7, 11) is 0. The van der Waals surface area contributed by atoms with Crippen LogP contribution in [0.5, 0.6) is 5.75 Å². The van der Waals surface area contributed by atoms with Crippen molar-refractivity contribution in [2.75, 3.05) is 0 Å². The first kappa shape index (κ1) is 8.34. The van der Waals surface area contributed by atoms with Crippen molar-refractivity contribution in [3.05, 3.63) is 34.8 Å². The maximum absolute atomic E-state index is 9.37. The Bertz CT molecular complexity index is 271. The molecule has 58 valence electrons. The standard InChI is InChI=1S/C9H9BrO/c1-6(2)9-7(10)4-3-5-8(9)11/h3-5,11H,1H2,2H3. The van der Waals surface area contributed by atoms with Gasteiger partial charge >= 0.3 is 0 Å². The van der Waals surface area contributed by atoms with E-state index in [4.69, 9.17) is 0 Å². The van der Waals surface area contributed by atoms with Gasteiger partial charge in [-0.1, -0.05) is 28.6 Å². The van der Waals surface area contributed by atoms with Crippen LogP contribution in [0.25, 0.3) is 5.57 Å². The molecule has 0 aliphatic heterocycles. The number of aromatic hydroxyl groups is 1. The smallest absolute Gasteiger partial charge is 0.124 e. The fraction of sp³-hybridized carbons (Fsp3) is 0.111. The summed E-state index contributed by atoms with van der Waals surface area (Å²) in [4.78, 5) is 0. The fourth-order valence-corrected chi connectivity index (χ4v) is 1.63. The average molecular weight is 213 g/mol. The van der Waals surface area contributed by atoms with Gasteiger partial charge in [-0.15, -0.1) is 0 Å². The molecule has 0 atom stereocenters. The van der Waals surface area contributed by atoms with Crippen molar-refractivity contribution in [2.45, 2.75) is 6.92 Å². The van der Waals surface area contributed by atoms with E-state index in [-0.39, 0.29) is 5.75 Å². The molecule has 0 aliphatic rings. The molecule has 0 radical (unpaired) electrons. The first-order valence-electron chi connectivity index (χ1n) is 3.26. The molecule has 0 spiro atoms. The number of phenols is 1. The molecule has 0 aromatic heterocycles. The van der Waals surface area contributed by atoms with Crippen LogP contribution in [-0.2, 0) is 0 Å². The van der Waals surface area contributed by atoms with E-state index >= 15 is 0 Å². The molecular formula is C9H9BrO. The number of rotatable bonds is 1. The van der Waals surface area contributed by atoms with Gasteiger partial charge in [0.05, 0.1) is 0 Å². The largest absolute Gasteiger partial charge is 0.507 e. The summed E-state index contributed by atoms with van der Waals surface area (Å²) >= 11 is 3.33. The van der Waals surface area contributed by atoms with Gasteiger partial charge in [0, 0.05) is 10.0 Å². The summed E-state index contributed by atoms with van der Waals surface area (Å²) in [5, 5.41) is 9.37. The molecule has 1 aromatic rings. The van der Waals surface area contributed by atoms with E-state index in [1.165, 1.54) is 0 Å². The Balaban J connectivity index is 3.32. The lowest BCUT2D eigenvalue weighted by Crippen LogP contribution is -1.80. The summed E-state index contributed by atoms with van der Waals surface area (Å²) in [6.45, 7) is 5.62. The SMILES string of the molecule is C=C(C)c1c(O)cccc1Br. The Morgan fingerprint density at radius 3 is 2.55 bits per heavy atom. The topological polar surface area (TPSA) is 20.2 Å². The van der Waals surface area contributed by atoms with E-state index in [1.54, 1.807) is 12.1 Å². The Morgan fingerprint density at radius 1 is 1.55 bits per heavy atom. The first-order chi connectivity index (χ1) is 5.13. The van der Waals surface area contributed by atoms with Crippen LogP contribution in [0.15, 0.2) is 29.3 Å². The zero-order valence-corrected chi connectivity index (χ0v) is 7.85. The predicted octanol–water partition coefficient (Wildman–Crippen LogP) is 3.19. The van der Waals surface area contributed by atoms with Gasteiger partial charge in [0.2, 0.25) is 0 Å². The maximum atomic E-state index is 9.37. The van der Waals surface area contributed by atoms with E-state index in [9.17, 15) is 5.11 Å². The van der Waals surface area contributed by atoms with Gasteiger partial charge in [0.15, 0.2) is 0 Å². The Hall–Kier alpha value is -0.760. The minimum atomic E-state index is 0.270. The van der Waals surface area contributed by atoms with Crippen molar-refractivity contribution in [3.63, 3.8) is 0 Å². The minimum absolute atomic E-state index is 0.270. The van der Waals surface area contributed by atoms with Crippen LogP contribution in [0.4, 0.5) is 0 Å². The molecule has 11 heavy (non-hydrogen) atoms. The summed E-state index contributed by atoms with van der Waals surface area (Å²) in [6, 6.07) is 5.31. The predicted molar refractivity (Wildman–Crippen MR) is 50.5 cm³/mol. The zero-order valence-electron chi connectivity index (χ0n) is 6.26.